The van der Waals surface area contributed by atoms with Gasteiger partial charge in [-0.05, 0) is 49.4 Å². The van der Waals surface area contributed by atoms with Gasteiger partial charge in [0.2, 0.25) is 0 Å². The van der Waals surface area contributed by atoms with Crippen molar-refractivity contribution < 1.29 is 4.79 Å². The Morgan fingerprint density at radius 2 is 1.55 bits per heavy atom. The van der Waals surface area contributed by atoms with Crippen molar-refractivity contribution in [2.75, 3.05) is 13.6 Å². The van der Waals surface area contributed by atoms with Crippen LogP contribution in [0.5, 0.6) is 0 Å². The van der Waals surface area contributed by atoms with Crippen LogP contribution in [-0.4, -0.2) is 34.3 Å². The summed E-state index contributed by atoms with van der Waals surface area (Å²) in [6.45, 7) is 2.10. The molecular weight excluding hydrogens is 465 g/mol. The number of carbonyl (C=O) groups excluding carboxylic acids is 1. The minimum atomic E-state index is -0.381. The molecule has 0 aliphatic heterocycles. The Balaban J connectivity index is 0.00000187. The Labute approximate surface area is 201 Å². The van der Waals surface area contributed by atoms with Crippen molar-refractivity contribution in [1.82, 2.24) is 14.5 Å². The van der Waals surface area contributed by atoms with Gasteiger partial charge in [0.25, 0.3) is 17.0 Å². The molecule has 0 radical (unpaired) electrons. The minimum Gasteiger partial charge on any atom is -0.347 e. The van der Waals surface area contributed by atoms with Crippen molar-refractivity contribution in [1.29, 1.82) is 5.41 Å². The fourth-order valence-corrected chi connectivity index (χ4v) is 3.43. The van der Waals surface area contributed by atoms with Crippen molar-refractivity contribution >= 4 is 34.8 Å². The normalized spacial score (nSPS) is 10.2. The molecule has 0 spiro atoms. The SMILES string of the molecule is CC(=N)CNC(=O)c1ccc(=O)n(Cc2cc(Cl)c(Cn3ccccc3=O)cc2Cl)c1.CN. The number of hydrogen-bond donors (Lipinski definition) is 3. The highest BCUT2D eigenvalue weighted by Crippen LogP contribution is 2.26. The first kappa shape index (κ1) is 26.1. The lowest BCUT2D eigenvalue weighted by atomic mass is 10.1. The monoisotopic (exact) mass is 489 g/mol. The second-order valence-corrected chi connectivity index (χ2v) is 7.86. The van der Waals surface area contributed by atoms with E-state index in [-0.39, 0.29) is 36.7 Å². The van der Waals surface area contributed by atoms with Gasteiger partial charge in [-0.1, -0.05) is 29.3 Å². The van der Waals surface area contributed by atoms with E-state index < -0.39 is 0 Å². The van der Waals surface area contributed by atoms with Gasteiger partial charge in [0, 0.05) is 40.3 Å². The number of pyridine rings is 2. The van der Waals surface area contributed by atoms with Gasteiger partial charge in [0.15, 0.2) is 0 Å². The number of rotatable bonds is 7. The molecule has 0 aliphatic rings. The largest absolute Gasteiger partial charge is 0.347 e. The van der Waals surface area contributed by atoms with Crippen LogP contribution in [0.1, 0.15) is 28.4 Å². The van der Waals surface area contributed by atoms with Gasteiger partial charge in [-0.15, -0.1) is 0 Å². The van der Waals surface area contributed by atoms with Crippen LogP contribution in [0.15, 0.2) is 64.4 Å². The molecule has 10 heteroatoms. The summed E-state index contributed by atoms with van der Waals surface area (Å²) in [5.74, 6) is -0.381. The molecule has 0 unspecified atom stereocenters. The summed E-state index contributed by atoms with van der Waals surface area (Å²) in [6, 6.07) is 10.9. The average Bonchev–Trinajstić information content (AvgIpc) is 2.79. The van der Waals surface area contributed by atoms with Gasteiger partial charge in [0.05, 0.1) is 25.2 Å². The Morgan fingerprint density at radius 3 is 2.12 bits per heavy atom. The molecule has 2 heterocycles. The standard InChI is InChI=1S/C22H20Cl2N4O3.CH5N/c1-14(25)10-26-22(31)15-5-6-21(30)28(11-15)13-17-9-18(23)16(8-19(17)24)12-27-7-3-2-4-20(27)29;1-2/h2-9,11,25H,10,12-13H2,1H3,(H,26,31);2H2,1H3. The van der Waals surface area contributed by atoms with E-state index in [0.29, 0.717) is 32.4 Å². The van der Waals surface area contributed by atoms with E-state index in [2.05, 4.69) is 11.1 Å². The molecule has 0 atom stereocenters. The first-order chi connectivity index (χ1) is 15.7. The maximum atomic E-state index is 12.3. The predicted octanol–water partition coefficient (Wildman–Crippen LogP) is 2.76. The van der Waals surface area contributed by atoms with Crippen LogP contribution in [0.2, 0.25) is 10.0 Å². The summed E-state index contributed by atoms with van der Waals surface area (Å²) >= 11 is 12.8. The third kappa shape index (κ3) is 7.15. The molecule has 3 rings (SSSR count). The fraction of sp³-hybridized carbons (Fsp3) is 0.217. The van der Waals surface area contributed by atoms with E-state index in [9.17, 15) is 14.4 Å². The molecule has 0 bridgehead atoms. The number of aromatic nitrogens is 2. The second kappa shape index (κ2) is 12.2. The van der Waals surface area contributed by atoms with Crippen molar-refractivity contribution in [3.63, 3.8) is 0 Å². The number of nitrogens with two attached hydrogens (primary N) is 1. The fourth-order valence-electron chi connectivity index (χ4n) is 2.93. The minimum absolute atomic E-state index is 0.119. The summed E-state index contributed by atoms with van der Waals surface area (Å²) in [5, 5.41) is 10.8. The van der Waals surface area contributed by atoms with Crippen molar-refractivity contribution in [3.8, 4) is 0 Å². The van der Waals surface area contributed by atoms with E-state index in [0.717, 1.165) is 0 Å². The molecule has 3 aromatic rings. The molecule has 8 nitrogen and oxygen atoms in total. The lowest BCUT2D eigenvalue weighted by Gasteiger charge is -2.13. The van der Waals surface area contributed by atoms with Crippen LogP contribution >= 0.6 is 23.2 Å². The van der Waals surface area contributed by atoms with E-state index in [4.69, 9.17) is 28.6 Å². The highest BCUT2D eigenvalue weighted by Gasteiger charge is 2.12. The summed E-state index contributed by atoms with van der Waals surface area (Å²) in [7, 11) is 1.50. The summed E-state index contributed by atoms with van der Waals surface area (Å²) < 4.78 is 2.88. The third-order valence-electron chi connectivity index (χ3n) is 4.56. The van der Waals surface area contributed by atoms with Gasteiger partial charge in [0.1, 0.15) is 0 Å². The molecule has 0 saturated heterocycles. The van der Waals surface area contributed by atoms with Crippen molar-refractivity contribution in [3.05, 3.63) is 102 Å². The number of carbonyl (C=O) groups is 1. The molecule has 0 fully saturated rings. The molecule has 4 N–H and O–H groups in total. The summed E-state index contributed by atoms with van der Waals surface area (Å²) in [6.07, 6.45) is 3.11. The van der Waals surface area contributed by atoms with Crippen LogP contribution < -0.4 is 22.2 Å². The quantitative estimate of drug-likeness (QED) is 0.441. The van der Waals surface area contributed by atoms with E-state index in [1.165, 1.54) is 40.6 Å². The van der Waals surface area contributed by atoms with Gasteiger partial charge < -0.3 is 25.6 Å². The molecule has 174 valence electrons. The van der Waals surface area contributed by atoms with Crippen LogP contribution in [0.25, 0.3) is 0 Å². The number of nitrogens with one attached hydrogen (secondary N) is 2. The highest BCUT2D eigenvalue weighted by atomic mass is 35.5. The number of amides is 1. The molecular formula is C23H25Cl2N5O3. The van der Waals surface area contributed by atoms with Gasteiger partial charge in [-0.25, -0.2) is 0 Å². The van der Waals surface area contributed by atoms with Crippen molar-refractivity contribution in [2.45, 2.75) is 20.0 Å². The molecule has 1 amide bonds. The van der Waals surface area contributed by atoms with Crippen LogP contribution in [-0.2, 0) is 13.1 Å². The zero-order valence-corrected chi connectivity index (χ0v) is 19.8. The highest BCUT2D eigenvalue weighted by molar-refractivity contribution is 6.34. The first-order valence-electron chi connectivity index (χ1n) is 9.97. The summed E-state index contributed by atoms with van der Waals surface area (Å²) in [4.78, 5) is 36.5. The van der Waals surface area contributed by atoms with E-state index in [1.54, 1.807) is 37.4 Å². The maximum Gasteiger partial charge on any atom is 0.253 e. The van der Waals surface area contributed by atoms with Gasteiger partial charge >= 0.3 is 0 Å². The molecule has 0 saturated carbocycles. The Morgan fingerprint density at radius 1 is 0.970 bits per heavy atom. The smallest absolute Gasteiger partial charge is 0.253 e. The predicted molar refractivity (Wildman–Crippen MR) is 132 cm³/mol. The summed E-state index contributed by atoms with van der Waals surface area (Å²) in [5.41, 5.74) is 5.94. The zero-order chi connectivity index (χ0) is 24.5. The number of halogens is 2. The van der Waals surface area contributed by atoms with E-state index >= 15 is 0 Å². The third-order valence-corrected chi connectivity index (χ3v) is 5.26. The molecule has 1 aromatic carbocycles. The van der Waals surface area contributed by atoms with Crippen LogP contribution in [0, 0.1) is 5.41 Å². The van der Waals surface area contributed by atoms with Crippen molar-refractivity contribution in [2.24, 2.45) is 5.73 Å². The first-order valence-corrected chi connectivity index (χ1v) is 10.7. The Hall–Kier alpha value is -3.20. The van der Waals surface area contributed by atoms with Gasteiger partial charge in [-0.3, -0.25) is 14.4 Å². The molecule has 0 aliphatic carbocycles. The molecule has 33 heavy (non-hydrogen) atoms. The van der Waals surface area contributed by atoms with E-state index in [1.807, 2.05) is 0 Å². The number of nitrogens with zero attached hydrogens (tertiary/aromatic N) is 2. The Kier molecular flexibility index (Phi) is 9.59. The maximum absolute atomic E-state index is 12.3. The number of benzene rings is 1. The van der Waals surface area contributed by atoms with Gasteiger partial charge in [-0.2, -0.15) is 0 Å². The lowest BCUT2D eigenvalue weighted by molar-refractivity contribution is 0.0958. The topological polar surface area (TPSA) is 123 Å². The number of hydrogen-bond acceptors (Lipinski definition) is 5. The second-order valence-electron chi connectivity index (χ2n) is 7.05. The van der Waals surface area contributed by atoms with Crippen LogP contribution in [0.3, 0.4) is 0 Å². The Bertz CT molecular complexity index is 1270. The molecule has 2 aromatic heterocycles. The lowest BCUT2D eigenvalue weighted by Crippen LogP contribution is -2.30. The zero-order valence-electron chi connectivity index (χ0n) is 18.3. The van der Waals surface area contributed by atoms with Crippen LogP contribution in [0.4, 0.5) is 0 Å². The average molecular weight is 490 g/mol.